The van der Waals surface area contributed by atoms with Gasteiger partial charge in [-0.25, -0.2) is 9.97 Å². The van der Waals surface area contributed by atoms with E-state index in [9.17, 15) is 0 Å². The normalized spacial score (nSPS) is 10.5. The van der Waals surface area contributed by atoms with Gasteiger partial charge in [0, 0.05) is 22.4 Å². The Balaban J connectivity index is 1.89. The molecular weight excluding hydrogens is 332 g/mol. The van der Waals surface area contributed by atoms with Crippen molar-refractivity contribution in [2.45, 2.75) is 0 Å². The molecule has 0 radical (unpaired) electrons. The Morgan fingerprint density at radius 2 is 1.15 bits per heavy atom. The summed E-state index contributed by atoms with van der Waals surface area (Å²) in [6.07, 6.45) is 0. The van der Waals surface area contributed by atoms with Gasteiger partial charge >= 0.3 is 0 Å². The lowest BCUT2D eigenvalue weighted by Gasteiger charge is -2.11. The Labute approximate surface area is 157 Å². The van der Waals surface area contributed by atoms with Crippen molar-refractivity contribution >= 4 is 11.4 Å². The van der Waals surface area contributed by atoms with Gasteiger partial charge in [0.2, 0.25) is 0 Å². The summed E-state index contributed by atoms with van der Waals surface area (Å²) in [4.78, 5) is 9.31. The number of nitrogens with two attached hydrogens (primary N) is 1. The molecule has 4 rings (SSSR count). The van der Waals surface area contributed by atoms with Crippen molar-refractivity contribution in [1.82, 2.24) is 9.97 Å². The minimum Gasteiger partial charge on any atom is -0.398 e. The van der Waals surface area contributed by atoms with Crippen LogP contribution in [-0.4, -0.2) is 15.7 Å². The number of anilines is 1. The standard InChI is InChI=1S/C23H18N4/c24-19-14-8-7-13-18(19)22(25)23-26-20(16-9-3-1-4-10-16)15-21(27-23)17-11-5-2-6-12-17/h1-15,25H,24H2. The van der Waals surface area contributed by atoms with E-state index in [0.29, 0.717) is 17.1 Å². The summed E-state index contributed by atoms with van der Waals surface area (Å²) in [5.74, 6) is 0.355. The number of hydrogen-bond donors (Lipinski definition) is 2. The minimum absolute atomic E-state index is 0.211. The predicted molar refractivity (Wildman–Crippen MR) is 110 cm³/mol. The van der Waals surface area contributed by atoms with Gasteiger partial charge in [-0.05, 0) is 12.1 Å². The van der Waals surface area contributed by atoms with Crippen molar-refractivity contribution in [1.29, 1.82) is 5.41 Å². The summed E-state index contributed by atoms with van der Waals surface area (Å²) < 4.78 is 0. The Morgan fingerprint density at radius 1 is 0.667 bits per heavy atom. The molecule has 0 saturated carbocycles. The minimum atomic E-state index is 0.211. The average Bonchev–Trinajstić information content (AvgIpc) is 2.74. The van der Waals surface area contributed by atoms with Gasteiger partial charge < -0.3 is 5.73 Å². The van der Waals surface area contributed by atoms with E-state index in [1.807, 2.05) is 84.9 Å². The lowest BCUT2D eigenvalue weighted by atomic mass is 10.0. The van der Waals surface area contributed by atoms with Crippen LogP contribution >= 0.6 is 0 Å². The van der Waals surface area contributed by atoms with E-state index in [-0.39, 0.29) is 5.71 Å². The van der Waals surface area contributed by atoms with Crippen LogP contribution in [0.15, 0.2) is 91.0 Å². The third-order valence-corrected chi connectivity index (χ3v) is 4.32. The molecule has 3 N–H and O–H groups in total. The molecule has 0 atom stereocenters. The first-order chi connectivity index (χ1) is 13.2. The van der Waals surface area contributed by atoms with Crippen molar-refractivity contribution < 1.29 is 0 Å². The van der Waals surface area contributed by atoms with Crippen LogP contribution in [-0.2, 0) is 0 Å². The summed E-state index contributed by atoms with van der Waals surface area (Å²) in [5, 5.41) is 8.62. The van der Waals surface area contributed by atoms with Gasteiger partial charge in [0.1, 0.15) is 5.71 Å². The first-order valence-electron chi connectivity index (χ1n) is 8.66. The monoisotopic (exact) mass is 350 g/mol. The maximum absolute atomic E-state index is 8.62. The van der Waals surface area contributed by atoms with Crippen LogP contribution in [0.4, 0.5) is 5.69 Å². The number of nitrogens with one attached hydrogen (secondary N) is 1. The largest absolute Gasteiger partial charge is 0.398 e. The van der Waals surface area contributed by atoms with Crippen molar-refractivity contribution in [3.05, 3.63) is 102 Å². The molecule has 0 aliphatic rings. The SMILES string of the molecule is N=C(c1nc(-c2ccccc2)cc(-c2ccccc2)n1)c1ccccc1N. The van der Waals surface area contributed by atoms with Gasteiger partial charge in [0.05, 0.1) is 11.4 Å². The summed E-state index contributed by atoms with van der Waals surface area (Å²) >= 11 is 0. The Hall–Kier alpha value is -3.79. The number of hydrogen-bond acceptors (Lipinski definition) is 4. The van der Waals surface area contributed by atoms with Gasteiger partial charge in [0.15, 0.2) is 5.82 Å². The first-order valence-corrected chi connectivity index (χ1v) is 8.66. The van der Waals surface area contributed by atoms with Crippen LogP contribution in [0.25, 0.3) is 22.5 Å². The second-order valence-electron chi connectivity index (χ2n) is 6.16. The number of nitrogen functional groups attached to an aromatic ring is 1. The van der Waals surface area contributed by atoms with Crippen LogP contribution in [0.5, 0.6) is 0 Å². The lowest BCUT2D eigenvalue weighted by molar-refractivity contribution is 1.13. The molecule has 4 heteroatoms. The average molecular weight is 350 g/mol. The molecule has 0 aliphatic carbocycles. The highest BCUT2D eigenvalue weighted by Gasteiger charge is 2.15. The van der Waals surface area contributed by atoms with Crippen LogP contribution in [0.2, 0.25) is 0 Å². The van der Waals surface area contributed by atoms with E-state index in [4.69, 9.17) is 11.1 Å². The molecule has 0 saturated heterocycles. The highest BCUT2D eigenvalue weighted by molar-refractivity contribution is 6.12. The molecule has 0 spiro atoms. The fraction of sp³-hybridized carbons (Fsp3) is 0. The molecule has 0 bridgehead atoms. The van der Waals surface area contributed by atoms with Crippen molar-refractivity contribution in [3.8, 4) is 22.5 Å². The zero-order valence-electron chi connectivity index (χ0n) is 14.6. The molecule has 27 heavy (non-hydrogen) atoms. The molecule has 1 aromatic heterocycles. The molecular formula is C23H18N4. The molecule has 4 aromatic rings. The molecule has 3 aromatic carbocycles. The van der Waals surface area contributed by atoms with Crippen LogP contribution < -0.4 is 5.73 Å². The second-order valence-corrected chi connectivity index (χ2v) is 6.16. The van der Waals surface area contributed by atoms with E-state index in [2.05, 4.69) is 9.97 Å². The number of para-hydroxylation sites is 1. The highest BCUT2D eigenvalue weighted by atomic mass is 14.9. The van der Waals surface area contributed by atoms with Crippen molar-refractivity contribution in [2.24, 2.45) is 0 Å². The van der Waals surface area contributed by atoms with Gasteiger partial charge in [-0.3, -0.25) is 5.41 Å². The molecule has 4 nitrogen and oxygen atoms in total. The Kier molecular flexibility index (Phi) is 4.45. The van der Waals surface area contributed by atoms with Crippen LogP contribution in [0, 0.1) is 5.41 Å². The van der Waals surface area contributed by atoms with Crippen molar-refractivity contribution in [2.75, 3.05) is 5.73 Å². The van der Waals surface area contributed by atoms with Crippen molar-refractivity contribution in [3.63, 3.8) is 0 Å². The van der Waals surface area contributed by atoms with Gasteiger partial charge in [-0.1, -0.05) is 78.9 Å². The summed E-state index contributed by atoms with van der Waals surface area (Å²) in [6.45, 7) is 0. The van der Waals surface area contributed by atoms with E-state index in [1.165, 1.54) is 0 Å². The summed E-state index contributed by atoms with van der Waals surface area (Å²) in [6, 6.07) is 29.1. The third kappa shape index (κ3) is 3.46. The second kappa shape index (κ2) is 7.22. The first kappa shape index (κ1) is 16.7. The summed E-state index contributed by atoms with van der Waals surface area (Å²) in [7, 11) is 0. The number of rotatable bonds is 4. The predicted octanol–water partition coefficient (Wildman–Crippen LogP) is 4.81. The number of benzene rings is 3. The van der Waals surface area contributed by atoms with E-state index in [1.54, 1.807) is 6.07 Å². The fourth-order valence-electron chi connectivity index (χ4n) is 2.92. The van der Waals surface area contributed by atoms with Gasteiger partial charge in [0.25, 0.3) is 0 Å². The van der Waals surface area contributed by atoms with Gasteiger partial charge in [-0.2, -0.15) is 0 Å². The Morgan fingerprint density at radius 3 is 1.67 bits per heavy atom. The maximum Gasteiger partial charge on any atom is 0.179 e. The fourth-order valence-corrected chi connectivity index (χ4v) is 2.92. The lowest BCUT2D eigenvalue weighted by Crippen LogP contribution is -2.11. The molecule has 1 heterocycles. The molecule has 130 valence electrons. The smallest absolute Gasteiger partial charge is 0.179 e. The molecule has 0 unspecified atom stereocenters. The van der Waals surface area contributed by atoms with Crippen LogP contribution in [0.1, 0.15) is 11.4 Å². The maximum atomic E-state index is 8.62. The zero-order valence-corrected chi connectivity index (χ0v) is 14.6. The number of nitrogens with zero attached hydrogens (tertiary/aromatic N) is 2. The molecule has 0 aliphatic heterocycles. The number of aromatic nitrogens is 2. The van der Waals surface area contributed by atoms with E-state index < -0.39 is 0 Å². The van der Waals surface area contributed by atoms with Gasteiger partial charge in [-0.15, -0.1) is 0 Å². The van der Waals surface area contributed by atoms with E-state index >= 15 is 0 Å². The summed E-state index contributed by atoms with van der Waals surface area (Å²) in [5.41, 5.74) is 10.9. The Bertz CT molecular complexity index is 1030. The third-order valence-electron chi connectivity index (χ3n) is 4.32. The topological polar surface area (TPSA) is 75.7 Å². The zero-order chi connectivity index (χ0) is 18.6. The molecule has 0 amide bonds. The van der Waals surface area contributed by atoms with E-state index in [0.717, 1.165) is 22.5 Å². The highest BCUT2D eigenvalue weighted by Crippen LogP contribution is 2.25. The molecule has 0 fully saturated rings. The van der Waals surface area contributed by atoms with Crippen LogP contribution in [0.3, 0.4) is 0 Å². The quantitative estimate of drug-likeness (QED) is 0.410.